The summed E-state index contributed by atoms with van der Waals surface area (Å²) in [5.74, 6) is -2.48. The zero-order valence-electron chi connectivity index (χ0n) is 21.1. The van der Waals surface area contributed by atoms with Crippen molar-refractivity contribution in [3.8, 4) is 0 Å². The Morgan fingerprint density at radius 1 is 1.05 bits per heavy atom. The van der Waals surface area contributed by atoms with Crippen molar-refractivity contribution < 1.29 is 48.3 Å². The second-order valence-electron chi connectivity index (χ2n) is 10.9. The summed E-state index contributed by atoms with van der Waals surface area (Å²) in [6, 6.07) is 0. The molecule has 10 heteroatoms. The number of ether oxygens (including phenoxy) is 5. The molecule has 3 aliphatic heterocycles. The Morgan fingerprint density at radius 2 is 1.78 bits per heavy atom. The average molecular weight is 519 g/mol. The molecule has 3 fully saturated rings. The highest BCUT2D eigenvalue weighted by molar-refractivity contribution is 5.84. The van der Waals surface area contributed by atoms with Crippen LogP contribution in [0.4, 0.5) is 0 Å². The van der Waals surface area contributed by atoms with Gasteiger partial charge in [0.25, 0.3) is 0 Å². The third-order valence-electron chi connectivity index (χ3n) is 9.20. The van der Waals surface area contributed by atoms with Crippen molar-refractivity contribution in [3.63, 3.8) is 0 Å². The van der Waals surface area contributed by atoms with Crippen molar-refractivity contribution in [1.29, 1.82) is 0 Å². The number of aliphatic hydroxyl groups excluding tert-OH is 2. The quantitative estimate of drug-likeness (QED) is 0.225. The van der Waals surface area contributed by atoms with Gasteiger partial charge in [0.1, 0.15) is 18.3 Å². The molecule has 0 aromatic heterocycles. The first-order valence-corrected chi connectivity index (χ1v) is 12.8. The van der Waals surface area contributed by atoms with Crippen LogP contribution >= 0.6 is 0 Å². The minimum Gasteiger partial charge on any atom is -0.463 e. The lowest BCUT2D eigenvalue weighted by molar-refractivity contribution is -0.235. The van der Waals surface area contributed by atoms with Crippen LogP contribution in [-0.2, 0) is 38.1 Å². The summed E-state index contributed by atoms with van der Waals surface area (Å²) < 4.78 is 29.4. The van der Waals surface area contributed by atoms with Crippen molar-refractivity contribution in [2.75, 3.05) is 26.4 Å². The number of aliphatic hydroxyl groups is 2. The molecule has 0 unspecified atom stereocenters. The van der Waals surface area contributed by atoms with E-state index >= 15 is 0 Å². The first kappa shape index (κ1) is 26.1. The highest BCUT2D eigenvalue weighted by Crippen LogP contribution is 2.72. The van der Waals surface area contributed by atoms with Gasteiger partial charge in [0.05, 0.1) is 37.4 Å². The summed E-state index contributed by atoms with van der Waals surface area (Å²) in [7, 11) is 0. The van der Waals surface area contributed by atoms with E-state index in [-0.39, 0.29) is 32.3 Å². The molecule has 202 valence electrons. The molecule has 10 nitrogen and oxygen atoms in total. The Hall–Kier alpha value is -2.53. The van der Waals surface area contributed by atoms with Crippen molar-refractivity contribution in [2.24, 2.45) is 16.7 Å². The van der Waals surface area contributed by atoms with Gasteiger partial charge in [-0.3, -0.25) is 0 Å². The summed E-state index contributed by atoms with van der Waals surface area (Å²) in [6.45, 7) is 3.96. The van der Waals surface area contributed by atoms with Crippen molar-refractivity contribution in [3.05, 3.63) is 36.0 Å². The van der Waals surface area contributed by atoms with E-state index in [0.29, 0.717) is 25.9 Å². The van der Waals surface area contributed by atoms with Crippen LogP contribution in [0.5, 0.6) is 0 Å². The molecule has 5 rings (SSSR count). The van der Waals surface area contributed by atoms with Gasteiger partial charge in [-0.1, -0.05) is 32.1 Å². The standard InChI is InChI=1S/C27H34O10/c1-16-8-10-33-21(29)5-3-4-6-22(30)37-18-12-20-27(15-35-27)25(18,2)26(14-34-24(32)23(16)31)9-7-17(13-28)11-19(26)36-20/h3-6,11,16,18-20,23,28,31H,7-10,12-15H2,1-2H3/b5-3-,6-4-/t16-,18-,19-,20-,23+,25-,26-,27+/m1/s1. The second-order valence-corrected chi connectivity index (χ2v) is 10.9. The molecule has 37 heavy (non-hydrogen) atoms. The lowest BCUT2D eigenvalue weighted by Crippen LogP contribution is -2.67. The fourth-order valence-electron chi connectivity index (χ4n) is 6.70. The minimum atomic E-state index is -1.41. The van der Waals surface area contributed by atoms with E-state index in [1.165, 1.54) is 24.3 Å². The first-order chi connectivity index (χ1) is 17.7. The molecule has 0 aromatic carbocycles. The largest absolute Gasteiger partial charge is 0.463 e. The number of cyclic esters (lactones) is 2. The van der Waals surface area contributed by atoms with E-state index in [1.54, 1.807) is 6.92 Å². The van der Waals surface area contributed by atoms with E-state index in [0.717, 1.165) is 5.57 Å². The number of rotatable bonds is 1. The van der Waals surface area contributed by atoms with Crippen LogP contribution in [0.3, 0.4) is 0 Å². The van der Waals surface area contributed by atoms with Crippen LogP contribution in [0.25, 0.3) is 0 Å². The molecule has 2 spiro atoms. The molecule has 1 saturated carbocycles. The molecule has 2 saturated heterocycles. The highest BCUT2D eigenvalue weighted by atomic mass is 16.6. The predicted octanol–water partition coefficient (Wildman–Crippen LogP) is 1.14. The predicted molar refractivity (Wildman–Crippen MR) is 127 cm³/mol. The Kier molecular flexibility index (Phi) is 6.81. The minimum absolute atomic E-state index is 0.00994. The summed E-state index contributed by atoms with van der Waals surface area (Å²) in [5, 5.41) is 20.4. The number of carbonyl (C=O) groups excluding carboxylic acids is 3. The normalized spacial score (nSPS) is 45.9. The molecule has 0 aromatic rings. The zero-order chi connectivity index (χ0) is 26.4. The molecule has 8 atom stereocenters. The number of carbonyl (C=O) groups is 3. The van der Waals surface area contributed by atoms with Crippen LogP contribution in [-0.4, -0.2) is 84.6 Å². The SMILES string of the molecule is C[C@@H]1CCOC(=O)/C=C\C=C/C(=O)O[C@@H]2C[C@H]3O[C@@H]4C=C(CO)CC[C@]4(COC(=O)[C@H]1O)[C@]2(C)[C@]31CO1. The maximum absolute atomic E-state index is 13.0. The van der Waals surface area contributed by atoms with Gasteiger partial charge in [0, 0.05) is 24.0 Å². The van der Waals surface area contributed by atoms with Crippen LogP contribution in [0.2, 0.25) is 0 Å². The van der Waals surface area contributed by atoms with Crippen LogP contribution in [0.15, 0.2) is 36.0 Å². The zero-order valence-corrected chi connectivity index (χ0v) is 21.1. The number of hydrogen-bond acceptors (Lipinski definition) is 10. The van der Waals surface area contributed by atoms with Gasteiger partial charge in [-0.05, 0) is 30.8 Å². The fourth-order valence-corrected chi connectivity index (χ4v) is 6.70. The van der Waals surface area contributed by atoms with Crippen LogP contribution in [0, 0.1) is 16.7 Å². The van der Waals surface area contributed by atoms with Gasteiger partial charge in [-0.2, -0.15) is 0 Å². The monoisotopic (exact) mass is 518 g/mol. The molecule has 0 radical (unpaired) electrons. The van der Waals surface area contributed by atoms with Gasteiger partial charge >= 0.3 is 17.9 Å². The lowest BCUT2D eigenvalue weighted by atomic mass is 9.51. The summed E-state index contributed by atoms with van der Waals surface area (Å²) in [5.41, 5.74) is -1.44. The van der Waals surface area contributed by atoms with E-state index in [1.807, 2.05) is 13.0 Å². The molecular weight excluding hydrogens is 484 g/mol. The number of epoxide rings is 1. The average Bonchev–Trinajstić information content (AvgIpc) is 3.66. The van der Waals surface area contributed by atoms with Gasteiger partial charge in [-0.15, -0.1) is 0 Å². The Morgan fingerprint density at radius 3 is 2.49 bits per heavy atom. The Balaban J connectivity index is 1.53. The summed E-state index contributed by atoms with van der Waals surface area (Å²) in [4.78, 5) is 37.6. The van der Waals surface area contributed by atoms with Crippen LogP contribution in [0.1, 0.15) is 39.5 Å². The molecular formula is C27H34O10. The van der Waals surface area contributed by atoms with Gasteiger partial charge in [0.2, 0.25) is 0 Å². The van der Waals surface area contributed by atoms with E-state index in [2.05, 4.69) is 0 Å². The second kappa shape index (κ2) is 9.65. The van der Waals surface area contributed by atoms with Gasteiger partial charge in [0.15, 0.2) is 6.10 Å². The summed E-state index contributed by atoms with van der Waals surface area (Å²) >= 11 is 0. The topological polar surface area (TPSA) is 141 Å². The van der Waals surface area contributed by atoms with Crippen molar-refractivity contribution >= 4 is 17.9 Å². The highest BCUT2D eigenvalue weighted by Gasteiger charge is 2.83. The summed E-state index contributed by atoms with van der Waals surface area (Å²) in [6.07, 6.45) is 6.03. The van der Waals surface area contributed by atoms with Crippen molar-refractivity contribution in [1.82, 2.24) is 0 Å². The number of hydrogen-bond donors (Lipinski definition) is 2. The van der Waals surface area contributed by atoms with Crippen molar-refractivity contribution in [2.45, 2.75) is 69.5 Å². The first-order valence-electron chi connectivity index (χ1n) is 12.8. The van der Waals surface area contributed by atoms with E-state index in [4.69, 9.17) is 23.7 Å². The maximum atomic E-state index is 13.0. The Labute approximate surface area is 215 Å². The smallest absolute Gasteiger partial charge is 0.335 e. The van der Waals surface area contributed by atoms with Crippen LogP contribution < -0.4 is 0 Å². The van der Waals surface area contributed by atoms with E-state index in [9.17, 15) is 24.6 Å². The Bertz CT molecular complexity index is 1040. The molecule has 2 N–H and O–H groups in total. The molecule has 2 bridgehead atoms. The maximum Gasteiger partial charge on any atom is 0.335 e. The fraction of sp³-hybridized carbons (Fsp3) is 0.667. The lowest BCUT2D eigenvalue weighted by Gasteiger charge is -2.58. The molecule has 2 aliphatic carbocycles. The van der Waals surface area contributed by atoms with Gasteiger partial charge in [-0.25, -0.2) is 14.4 Å². The van der Waals surface area contributed by atoms with Gasteiger partial charge < -0.3 is 33.9 Å². The number of esters is 3. The number of allylic oxidation sites excluding steroid dienone is 2. The molecule has 5 aliphatic rings. The third kappa shape index (κ3) is 4.14. The molecule has 3 heterocycles. The van der Waals surface area contributed by atoms with E-state index < -0.39 is 58.6 Å². The molecule has 0 amide bonds. The third-order valence-corrected chi connectivity index (χ3v) is 9.20.